The van der Waals surface area contributed by atoms with Crippen LogP contribution in [0.15, 0.2) is 24.3 Å². The van der Waals surface area contributed by atoms with E-state index in [2.05, 4.69) is 5.43 Å². The van der Waals surface area contributed by atoms with Gasteiger partial charge in [-0.25, -0.2) is 9.80 Å². The fourth-order valence-electron chi connectivity index (χ4n) is 2.02. The van der Waals surface area contributed by atoms with Gasteiger partial charge in [0.25, 0.3) is 0 Å². The van der Waals surface area contributed by atoms with Crippen molar-refractivity contribution in [1.82, 2.24) is 5.43 Å². The van der Waals surface area contributed by atoms with Crippen molar-refractivity contribution in [3.8, 4) is 0 Å². The molecule has 1 aromatic rings. The molecule has 0 aliphatic carbocycles. The Hall–Kier alpha value is -1.59. The summed E-state index contributed by atoms with van der Waals surface area (Å²) < 4.78 is 0. The summed E-state index contributed by atoms with van der Waals surface area (Å²) in [5.74, 6) is 0. The fraction of sp³-hybridized carbons (Fsp3) is 0.417. The maximum atomic E-state index is 11.2. The summed E-state index contributed by atoms with van der Waals surface area (Å²) in [7, 11) is 0. The summed E-state index contributed by atoms with van der Waals surface area (Å²) >= 11 is 0. The summed E-state index contributed by atoms with van der Waals surface area (Å²) in [6, 6.07) is 7.26. The highest BCUT2D eigenvalue weighted by molar-refractivity contribution is 5.88. The van der Waals surface area contributed by atoms with Crippen molar-refractivity contribution in [3.63, 3.8) is 0 Å². The summed E-state index contributed by atoms with van der Waals surface area (Å²) in [5.41, 5.74) is 9.44. The van der Waals surface area contributed by atoms with E-state index in [0.29, 0.717) is 5.69 Å². The molecule has 0 saturated heterocycles. The lowest BCUT2D eigenvalue weighted by Gasteiger charge is -2.38. The number of carbonyl (C=O) groups is 1. The van der Waals surface area contributed by atoms with E-state index in [1.807, 2.05) is 32.9 Å². The van der Waals surface area contributed by atoms with Gasteiger partial charge in [-0.15, -0.1) is 0 Å². The lowest BCUT2D eigenvalue weighted by molar-refractivity contribution is 0.144. The summed E-state index contributed by atoms with van der Waals surface area (Å²) in [6.07, 6.45) is -1.06. The number of anilines is 1. The third-order valence-electron chi connectivity index (χ3n) is 3.23. The van der Waals surface area contributed by atoms with E-state index in [1.165, 1.54) is 0 Å². The third kappa shape index (κ3) is 1.59. The standard InChI is InChI=1S/C12H17N3O2/c1-11(2,3)12(13)8-6-4-5-7-9(8)15(14-12)10(16)17/h4-7,14H,13H2,1-3H3,(H,16,17). The monoisotopic (exact) mass is 235 g/mol. The minimum absolute atomic E-state index is 0.312. The number of para-hydroxylation sites is 1. The van der Waals surface area contributed by atoms with Gasteiger partial charge in [-0.05, 0) is 11.5 Å². The summed E-state index contributed by atoms with van der Waals surface area (Å²) in [6.45, 7) is 5.92. The Labute approximate surface area is 100 Å². The first-order valence-corrected chi connectivity index (χ1v) is 5.46. The predicted molar refractivity (Wildman–Crippen MR) is 65.4 cm³/mol. The van der Waals surface area contributed by atoms with Crippen LogP contribution in [-0.4, -0.2) is 11.2 Å². The lowest BCUT2D eigenvalue weighted by atomic mass is 9.77. The molecule has 0 fully saturated rings. The molecule has 1 aliphatic heterocycles. The first-order valence-electron chi connectivity index (χ1n) is 5.46. The van der Waals surface area contributed by atoms with Crippen LogP contribution in [0.4, 0.5) is 10.5 Å². The SMILES string of the molecule is CC(C)(C)C1(N)NN(C(=O)O)c2ccccc21. The molecule has 4 N–H and O–H groups in total. The molecule has 1 atom stereocenters. The van der Waals surface area contributed by atoms with Crippen molar-refractivity contribution in [2.24, 2.45) is 11.1 Å². The highest BCUT2D eigenvalue weighted by atomic mass is 16.4. The second-order valence-corrected chi connectivity index (χ2v) is 5.30. The van der Waals surface area contributed by atoms with E-state index < -0.39 is 11.8 Å². The molecule has 92 valence electrons. The number of hydrazine groups is 1. The normalized spacial score (nSPS) is 23.6. The molecule has 1 aliphatic rings. The van der Waals surface area contributed by atoms with Crippen molar-refractivity contribution in [2.45, 2.75) is 26.4 Å². The zero-order valence-electron chi connectivity index (χ0n) is 10.2. The predicted octanol–water partition coefficient (Wildman–Crippen LogP) is 1.85. The number of rotatable bonds is 0. The Morgan fingerprint density at radius 3 is 2.53 bits per heavy atom. The molecule has 2 rings (SSSR count). The van der Waals surface area contributed by atoms with Gasteiger partial charge in [0, 0.05) is 5.56 Å². The molecule has 5 nitrogen and oxygen atoms in total. The Kier molecular flexibility index (Phi) is 2.41. The van der Waals surface area contributed by atoms with Crippen LogP contribution < -0.4 is 16.2 Å². The second kappa shape index (κ2) is 3.45. The third-order valence-corrected chi connectivity index (χ3v) is 3.23. The van der Waals surface area contributed by atoms with E-state index >= 15 is 0 Å². The average molecular weight is 235 g/mol. The van der Waals surface area contributed by atoms with Crippen LogP contribution in [0.3, 0.4) is 0 Å². The maximum Gasteiger partial charge on any atom is 0.426 e. The van der Waals surface area contributed by atoms with Crippen molar-refractivity contribution < 1.29 is 9.90 Å². The minimum atomic E-state index is -1.06. The first-order chi connectivity index (χ1) is 7.77. The van der Waals surface area contributed by atoms with Crippen LogP contribution in [0.25, 0.3) is 0 Å². The number of fused-ring (bicyclic) bond motifs is 1. The molecule has 1 unspecified atom stereocenters. The maximum absolute atomic E-state index is 11.2. The Bertz CT molecular complexity index is 467. The van der Waals surface area contributed by atoms with E-state index in [-0.39, 0.29) is 5.41 Å². The number of benzene rings is 1. The van der Waals surface area contributed by atoms with Gasteiger partial charge in [0.15, 0.2) is 0 Å². The Balaban J connectivity index is 2.60. The topological polar surface area (TPSA) is 78.6 Å². The molecular weight excluding hydrogens is 218 g/mol. The molecule has 1 amide bonds. The molecule has 1 heterocycles. The first kappa shape index (κ1) is 11.9. The van der Waals surface area contributed by atoms with E-state index in [1.54, 1.807) is 12.1 Å². The Morgan fingerprint density at radius 1 is 1.41 bits per heavy atom. The van der Waals surface area contributed by atoms with Gasteiger partial charge in [0.05, 0.1) is 5.69 Å². The van der Waals surface area contributed by atoms with Crippen LogP contribution >= 0.6 is 0 Å². The van der Waals surface area contributed by atoms with Gasteiger partial charge in [0.2, 0.25) is 0 Å². The highest BCUT2D eigenvalue weighted by Gasteiger charge is 2.49. The van der Waals surface area contributed by atoms with Gasteiger partial charge < -0.3 is 10.8 Å². The quantitative estimate of drug-likeness (QED) is 0.641. The number of amides is 1. The second-order valence-electron chi connectivity index (χ2n) is 5.30. The number of hydrogen-bond donors (Lipinski definition) is 3. The molecular formula is C12H17N3O2. The number of nitrogens with two attached hydrogens (primary N) is 1. The number of carboxylic acid groups (broad SMARTS) is 1. The molecule has 0 radical (unpaired) electrons. The van der Waals surface area contributed by atoms with Gasteiger partial charge in [0.1, 0.15) is 5.66 Å². The van der Waals surface area contributed by atoms with Gasteiger partial charge in [-0.1, -0.05) is 39.0 Å². The minimum Gasteiger partial charge on any atom is -0.464 e. The molecule has 5 heteroatoms. The van der Waals surface area contributed by atoms with Crippen LogP contribution in [0.1, 0.15) is 26.3 Å². The molecule has 0 bridgehead atoms. The fourth-order valence-corrected chi connectivity index (χ4v) is 2.02. The largest absolute Gasteiger partial charge is 0.464 e. The zero-order chi connectivity index (χ0) is 12.8. The van der Waals surface area contributed by atoms with Crippen LogP contribution in [0.2, 0.25) is 0 Å². The summed E-state index contributed by atoms with van der Waals surface area (Å²) in [4.78, 5) is 11.2. The van der Waals surface area contributed by atoms with Crippen molar-refractivity contribution in [2.75, 3.05) is 5.01 Å². The van der Waals surface area contributed by atoms with Crippen LogP contribution in [0.5, 0.6) is 0 Å². The molecule has 1 aromatic carbocycles. The molecule has 0 spiro atoms. The van der Waals surface area contributed by atoms with Crippen molar-refractivity contribution >= 4 is 11.8 Å². The number of hydrogen-bond acceptors (Lipinski definition) is 3. The lowest BCUT2D eigenvalue weighted by Crippen LogP contribution is -2.60. The van der Waals surface area contributed by atoms with Crippen molar-refractivity contribution in [3.05, 3.63) is 29.8 Å². The van der Waals surface area contributed by atoms with E-state index in [9.17, 15) is 4.79 Å². The van der Waals surface area contributed by atoms with E-state index in [0.717, 1.165) is 10.6 Å². The highest BCUT2D eigenvalue weighted by Crippen LogP contribution is 2.43. The van der Waals surface area contributed by atoms with Crippen LogP contribution in [-0.2, 0) is 5.66 Å². The summed E-state index contributed by atoms with van der Waals surface area (Å²) in [5, 5.41) is 10.2. The van der Waals surface area contributed by atoms with Crippen LogP contribution in [0, 0.1) is 5.41 Å². The smallest absolute Gasteiger partial charge is 0.426 e. The van der Waals surface area contributed by atoms with E-state index in [4.69, 9.17) is 10.8 Å². The van der Waals surface area contributed by atoms with Gasteiger partial charge in [-0.2, -0.15) is 5.43 Å². The van der Waals surface area contributed by atoms with Gasteiger partial charge >= 0.3 is 6.09 Å². The number of nitrogens with one attached hydrogen (secondary N) is 1. The van der Waals surface area contributed by atoms with Crippen molar-refractivity contribution in [1.29, 1.82) is 0 Å². The zero-order valence-corrected chi connectivity index (χ0v) is 10.2. The Morgan fingerprint density at radius 2 is 2.00 bits per heavy atom. The molecule has 0 aromatic heterocycles. The molecule has 17 heavy (non-hydrogen) atoms. The number of nitrogens with zero attached hydrogens (tertiary/aromatic N) is 1. The van der Waals surface area contributed by atoms with Gasteiger partial charge in [-0.3, -0.25) is 0 Å². The molecule has 0 saturated carbocycles. The average Bonchev–Trinajstić information content (AvgIpc) is 2.54.